The molecule has 88 valence electrons. The van der Waals surface area contributed by atoms with Gasteiger partial charge < -0.3 is 5.73 Å². The van der Waals surface area contributed by atoms with Crippen molar-refractivity contribution < 1.29 is 0 Å². The third-order valence-corrected chi connectivity index (χ3v) is 2.94. The molecule has 0 atom stereocenters. The van der Waals surface area contributed by atoms with Gasteiger partial charge in [-0.15, -0.1) is 5.10 Å². The summed E-state index contributed by atoms with van der Waals surface area (Å²) in [5.74, 6) is 0.325. The van der Waals surface area contributed by atoms with Crippen LogP contribution in [0.1, 0.15) is 17.0 Å². The highest BCUT2D eigenvalue weighted by molar-refractivity contribution is 6.31. The molecule has 7 heteroatoms. The molecule has 0 aromatic carbocycles. The van der Waals surface area contributed by atoms with Crippen LogP contribution in [0.4, 0.5) is 0 Å². The Kier molecular flexibility index (Phi) is 2.81. The van der Waals surface area contributed by atoms with Crippen LogP contribution in [0, 0.1) is 19.3 Å². The van der Waals surface area contributed by atoms with Crippen molar-refractivity contribution in [2.24, 2.45) is 5.73 Å². The van der Waals surface area contributed by atoms with Crippen LogP contribution < -0.4 is 5.73 Å². The summed E-state index contributed by atoms with van der Waals surface area (Å²) in [4.78, 5) is 0. The molecule has 6 nitrogen and oxygen atoms in total. The van der Waals surface area contributed by atoms with Gasteiger partial charge >= 0.3 is 0 Å². The van der Waals surface area contributed by atoms with E-state index < -0.39 is 0 Å². The molecule has 0 saturated carbocycles. The normalized spacial score (nSPS) is 10.5. The number of halogens is 1. The summed E-state index contributed by atoms with van der Waals surface area (Å²) in [7, 11) is 0. The Labute approximate surface area is 103 Å². The molecule has 0 amide bonds. The van der Waals surface area contributed by atoms with E-state index in [9.17, 15) is 0 Å². The van der Waals surface area contributed by atoms with Gasteiger partial charge in [0.25, 0.3) is 0 Å². The van der Waals surface area contributed by atoms with Crippen LogP contribution in [-0.4, -0.2) is 25.8 Å². The number of hydrogen-bond acceptors (Lipinski definition) is 4. The second kappa shape index (κ2) is 4.14. The molecule has 0 unspecified atom stereocenters. The quantitative estimate of drug-likeness (QED) is 0.619. The first-order valence-corrected chi connectivity index (χ1v) is 5.28. The van der Waals surface area contributed by atoms with E-state index in [1.54, 1.807) is 17.7 Å². The van der Waals surface area contributed by atoms with Crippen LogP contribution in [0.25, 0.3) is 5.82 Å². The Morgan fingerprint density at radius 1 is 1.47 bits per heavy atom. The number of amidine groups is 1. The topological polar surface area (TPSA) is 93.5 Å². The summed E-state index contributed by atoms with van der Waals surface area (Å²) in [5.41, 5.74) is 7.40. The number of rotatable bonds is 2. The Hall–Kier alpha value is -1.95. The van der Waals surface area contributed by atoms with Gasteiger partial charge in [0.15, 0.2) is 5.82 Å². The van der Waals surface area contributed by atoms with Crippen LogP contribution in [-0.2, 0) is 0 Å². The van der Waals surface area contributed by atoms with E-state index in [1.807, 2.05) is 6.92 Å². The molecule has 0 aliphatic carbocycles. The second-order valence-electron chi connectivity index (χ2n) is 3.58. The lowest BCUT2D eigenvalue weighted by Crippen LogP contribution is -2.17. The molecule has 0 aliphatic rings. The highest BCUT2D eigenvalue weighted by Gasteiger charge is 2.16. The third kappa shape index (κ3) is 1.87. The highest BCUT2D eigenvalue weighted by Crippen LogP contribution is 2.22. The zero-order chi connectivity index (χ0) is 12.6. The van der Waals surface area contributed by atoms with Crippen molar-refractivity contribution in [2.45, 2.75) is 13.8 Å². The number of hydrogen-bond donors (Lipinski definition) is 2. The molecule has 0 fully saturated rings. The van der Waals surface area contributed by atoms with Crippen LogP contribution in [0.5, 0.6) is 0 Å². The van der Waals surface area contributed by atoms with Gasteiger partial charge in [0, 0.05) is 0 Å². The van der Waals surface area contributed by atoms with E-state index in [0.717, 1.165) is 5.69 Å². The minimum Gasteiger partial charge on any atom is -0.384 e. The van der Waals surface area contributed by atoms with E-state index in [0.29, 0.717) is 22.1 Å². The molecule has 2 aromatic heterocycles. The first-order valence-electron chi connectivity index (χ1n) is 4.90. The maximum absolute atomic E-state index is 7.49. The minimum absolute atomic E-state index is 0.0847. The minimum atomic E-state index is -0.0847. The van der Waals surface area contributed by atoms with Crippen molar-refractivity contribution in [3.05, 3.63) is 34.2 Å². The Balaban J connectivity index is 2.68. The number of aromatic nitrogens is 4. The number of nitrogens with zero attached hydrogens (tertiary/aromatic N) is 4. The lowest BCUT2D eigenvalue weighted by atomic mass is 10.2. The average molecular weight is 251 g/mol. The standard InChI is InChI=1S/C10H11ClN6/c1-5-8(11)6(2)17(16-5)10-7(9(12)13)3-4-14-15-10/h3-4H,1-2H3,(H3,12,13). The smallest absolute Gasteiger partial charge is 0.186 e. The fourth-order valence-corrected chi connectivity index (χ4v) is 1.64. The lowest BCUT2D eigenvalue weighted by Gasteiger charge is -2.07. The van der Waals surface area contributed by atoms with Gasteiger partial charge in [0.2, 0.25) is 0 Å². The van der Waals surface area contributed by atoms with Crippen LogP contribution in [0.15, 0.2) is 12.3 Å². The van der Waals surface area contributed by atoms with E-state index in [4.69, 9.17) is 22.7 Å². The molecule has 2 aromatic rings. The predicted octanol–water partition coefficient (Wildman–Crippen LogP) is 1.22. The van der Waals surface area contributed by atoms with E-state index in [1.165, 1.54) is 6.20 Å². The van der Waals surface area contributed by atoms with Crippen molar-refractivity contribution in [3.8, 4) is 5.82 Å². The predicted molar refractivity (Wildman–Crippen MR) is 64.7 cm³/mol. The van der Waals surface area contributed by atoms with Crippen molar-refractivity contribution in [2.75, 3.05) is 0 Å². The van der Waals surface area contributed by atoms with Gasteiger partial charge in [-0.3, -0.25) is 5.41 Å². The van der Waals surface area contributed by atoms with Crippen molar-refractivity contribution >= 4 is 17.4 Å². The van der Waals surface area contributed by atoms with Gasteiger partial charge in [0.1, 0.15) is 5.84 Å². The molecule has 2 rings (SSSR count). The van der Waals surface area contributed by atoms with E-state index >= 15 is 0 Å². The second-order valence-corrected chi connectivity index (χ2v) is 3.96. The van der Waals surface area contributed by atoms with Crippen molar-refractivity contribution in [3.63, 3.8) is 0 Å². The van der Waals surface area contributed by atoms with Crippen LogP contribution >= 0.6 is 11.6 Å². The molecule has 0 aliphatic heterocycles. The average Bonchev–Trinajstić information content (AvgIpc) is 2.57. The lowest BCUT2D eigenvalue weighted by molar-refractivity contribution is 0.779. The van der Waals surface area contributed by atoms with Gasteiger partial charge in [-0.2, -0.15) is 10.2 Å². The first kappa shape index (κ1) is 11.5. The largest absolute Gasteiger partial charge is 0.384 e. The Bertz CT molecular complexity index is 588. The zero-order valence-corrected chi connectivity index (χ0v) is 10.2. The van der Waals surface area contributed by atoms with E-state index in [-0.39, 0.29) is 5.84 Å². The molecular weight excluding hydrogens is 240 g/mol. The Morgan fingerprint density at radius 3 is 2.71 bits per heavy atom. The highest BCUT2D eigenvalue weighted by atomic mass is 35.5. The molecule has 0 radical (unpaired) electrons. The van der Waals surface area contributed by atoms with E-state index in [2.05, 4.69) is 15.3 Å². The van der Waals surface area contributed by atoms with Gasteiger partial charge in [-0.25, -0.2) is 4.68 Å². The number of nitrogens with one attached hydrogen (secondary N) is 1. The number of nitrogen functional groups attached to an aromatic ring is 1. The molecule has 3 N–H and O–H groups in total. The zero-order valence-electron chi connectivity index (χ0n) is 9.40. The summed E-state index contributed by atoms with van der Waals surface area (Å²) in [6, 6.07) is 1.62. The molecule has 17 heavy (non-hydrogen) atoms. The van der Waals surface area contributed by atoms with Crippen LogP contribution in [0.2, 0.25) is 5.02 Å². The molecule has 2 heterocycles. The molecular formula is C10H11ClN6. The summed E-state index contributed by atoms with van der Waals surface area (Å²) in [6.07, 6.45) is 1.48. The molecule has 0 bridgehead atoms. The summed E-state index contributed by atoms with van der Waals surface area (Å²) in [5, 5.41) is 20.1. The maximum Gasteiger partial charge on any atom is 0.186 e. The fourth-order valence-electron chi connectivity index (χ4n) is 1.52. The molecule has 0 spiro atoms. The fraction of sp³-hybridized carbons (Fsp3) is 0.200. The van der Waals surface area contributed by atoms with Crippen molar-refractivity contribution in [1.29, 1.82) is 5.41 Å². The number of aryl methyl sites for hydroxylation is 1. The number of nitrogens with two attached hydrogens (primary N) is 1. The summed E-state index contributed by atoms with van der Waals surface area (Å²) < 4.78 is 1.54. The van der Waals surface area contributed by atoms with Crippen LogP contribution in [0.3, 0.4) is 0 Å². The SMILES string of the molecule is Cc1nn(-c2nnccc2C(=N)N)c(C)c1Cl. The van der Waals surface area contributed by atoms with Gasteiger partial charge in [-0.05, 0) is 19.9 Å². The maximum atomic E-state index is 7.49. The molecule has 0 saturated heterocycles. The monoisotopic (exact) mass is 250 g/mol. The van der Waals surface area contributed by atoms with Gasteiger partial charge in [-0.1, -0.05) is 11.6 Å². The first-order chi connectivity index (χ1) is 8.02. The summed E-state index contributed by atoms with van der Waals surface area (Å²) in [6.45, 7) is 3.62. The third-order valence-electron chi connectivity index (χ3n) is 2.40. The van der Waals surface area contributed by atoms with Gasteiger partial charge in [0.05, 0.1) is 28.2 Å². The Morgan fingerprint density at radius 2 is 2.18 bits per heavy atom. The van der Waals surface area contributed by atoms with Crippen molar-refractivity contribution in [1.82, 2.24) is 20.0 Å². The summed E-state index contributed by atoms with van der Waals surface area (Å²) >= 11 is 6.06.